The number of nitrogens with one attached hydrogen (secondary N) is 1. The van der Waals surface area contributed by atoms with E-state index in [9.17, 15) is 5.11 Å². The number of piperidine rings is 1. The molecule has 1 aromatic carbocycles. The maximum atomic E-state index is 10.8. The molecule has 2 heterocycles. The molecule has 0 amide bonds. The van der Waals surface area contributed by atoms with Gasteiger partial charge in [-0.2, -0.15) is 0 Å². The molecule has 0 spiro atoms. The normalized spacial score (nSPS) is 19.4. The van der Waals surface area contributed by atoms with E-state index in [0.717, 1.165) is 42.4 Å². The predicted octanol–water partition coefficient (Wildman–Crippen LogP) is 1.81. The second-order valence-corrected chi connectivity index (χ2v) is 4.66. The Bertz CT molecular complexity index is 527. The van der Waals surface area contributed by atoms with Crippen molar-refractivity contribution >= 4 is 10.9 Å². The highest BCUT2D eigenvalue weighted by molar-refractivity contribution is 5.82. The van der Waals surface area contributed by atoms with Gasteiger partial charge in [-0.25, -0.2) is 0 Å². The largest absolute Gasteiger partial charge is 0.385 e. The number of aromatic nitrogens is 1. The van der Waals surface area contributed by atoms with Crippen molar-refractivity contribution in [3.05, 3.63) is 42.1 Å². The molecule has 17 heavy (non-hydrogen) atoms. The molecule has 1 aromatic heterocycles. The van der Waals surface area contributed by atoms with Crippen LogP contribution in [-0.4, -0.2) is 23.2 Å². The van der Waals surface area contributed by atoms with Crippen molar-refractivity contribution in [2.24, 2.45) is 0 Å². The fraction of sp³-hybridized carbons (Fsp3) is 0.357. The number of fused-ring (bicyclic) bond motifs is 1. The Morgan fingerprint density at radius 1 is 1.12 bits per heavy atom. The van der Waals surface area contributed by atoms with Gasteiger partial charge in [0.05, 0.1) is 11.1 Å². The molecule has 2 aromatic rings. The molecule has 0 radical (unpaired) electrons. The molecule has 0 aliphatic carbocycles. The van der Waals surface area contributed by atoms with E-state index in [-0.39, 0.29) is 0 Å². The van der Waals surface area contributed by atoms with E-state index < -0.39 is 5.60 Å². The molecule has 0 bridgehead atoms. The molecule has 0 saturated carbocycles. The first-order valence-electron chi connectivity index (χ1n) is 6.07. The lowest BCUT2D eigenvalue weighted by Gasteiger charge is -2.33. The molecular formula is C14H16N2O. The summed E-state index contributed by atoms with van der Waals surface area (Å²) < 4.78 is 0. The number of para-hydroxylation sites is 1. The van der Waals surface area contributed by atoms with Crippen molar-refractivity contribution in [3.63, 3.8) is 0 Å². The summed E-state index contributed by atoms with van der Waals surface area (Å²) in [4.78, 5) is 4.34. The van der Waals surface area contributed by atoms with Crippen LogP contribution in [0.2, 0.25) is 0 Å². The van der Waals surface area contributed by atoms with Gasteiger partial charge in [-0.3, -0.25) is 4.98 Å². The molecule has 0 unspecified atom stereocenters. The van der Waals surface area contributed by atoms with Crippen LogP contribution in [0.3, 0.4) is 0 Å². The first kappa shape index (κ1) is 10.7. The molecule has 0 atom stereocenters. The minimum Gasteiger partial charge on any atom is -0.385 e. The van der Waals surface area contributed by atoms with Gasteiger partial charge in [0.1, 0.15) is 0 Å². The molecule has 3 heteroatoms. The van der Waals surface area contributed by atoms with Crippen molar-refractivity contribution in [1.29, 1.82) is 0 Å². The van der Waals surface area contributed by atoms with Crippen molar-refractivity contribution in [2.75, 3.05) is 13.1 Å². The predicted molar refractivity (Wildman–Crippen MR) is 67.7 cm³/mol. The van der Waals surface area contributed by atoms with Crippen LogP contribution < -0.4 is 5.32 Å². The fourth-order valence-electron chi connectivity index (χ4n) is 2.61. The average molecular weight is 228 g/mol. The summed E-state index contributed by atoms with van der Waals surface area (Å²) in [6.07, 6.45) is 3.32. The number of hydrogen-bond acceptors (Lipinski definition) is 3. The lowest BCUT2D eigenvalue weighted by Crippen LogP contribution is -2.39. The summed E-state index contributed by atoms with van der Waals surface area (Å²) in [5.74, 6) is 0. The van der Waals surface area contributed by atoms with Crippen molar-refractivity contribution < 1.29 is 5.11 Å². The Morgan fingerprint density at radius 3 is 2.71 bits per heavy atom. The minimum atomic E-state index is -0.701. The number of nitrogens with zero attached hydrogens (tertiary/aromatic N) is 1. The molecule has 1 aliphatic rings. The molecule has 88 valence electrons. The van der Waals surface area contributed by atoms with Crippen LogP contribution in [0.1, 0.15) is 18.4 Å². The van der Waals surface area contributed by atoms with Crippen molar-refractivity contribution in [3.8, 4) is 0 Å². The summed E-state index contributed by atoms with van der Waals surface area (Å²) in [5.41, 5.74) is 1.27. The summed E-state index contributed by atoms with van der Waals surface area (Å²) >= 11 is 0. The molecule has 1 aliphatic heterocycles. The Kier molecular flexibility index (Phi) is 2.57. The smallest absolute Gasteiger partial charge is 0.0927 e. The Balaban J connectivity index is 2.16. The van der Waals surface area contributed by atoms with E-state index in [1.165, 1.54) is 0 Å². The highest BCUT2D eigenvalue weighted by Gasteiger charge is 2.32. The van der Waals surface area contributed by atoms with Crippen LogP contribution in [0.15, 0.2) is 36.5 Å². The van der Waals surface area contributed by atoms with Crippen LogP contribution in [0.25, 0.3) is 10.9 Å². The summed E-state index contributed by atoms with van der Waals surface area (Å²) in [7, 11) is 0. The first-order chi connectivity index (χ1) is 8.30. The zero-order valence-electron chi connectivity index (χ0n) is 9.69. The van der Waals surface area contributed by atoms with E-state index in [1.807, 2.05) is 30.3 Å². The lowest BCUT2D eigenvalue weighted by molar-refractivity contribution is 0.00730. The highest BCUT2D eigenvalue weighted by Crippen LogP contribution is 2.34. The Morgan fingerprint density at radius 2 is 1.88 bits per heavy atom. The number of rotatable bonds is 1. The maximum absolute atomic E-state index is 10.8. The van der Waals surface area contributed by atoms with Gasteiger partial charge in [-0.15, -0.1) is 0 Å². The SMILES string of the molecule is OC1(c2ccnc3ccccc23)CCNCC1. The lowest BCUT2D eigenvalue weighted by atomic mass is 9.83. The van der Waals surface area contributed by atoms with Gasteiger partial charge in [-0.05, 0) is 43.6 Å². The first-order valence-corrected chi connectivity index (χ1v) is 6.07. The van der Waals surface area contributed by atoms with Gasteiger partial charge < -0.3 is 10.4 Å². The van der Waals surface area contributed by atoms with Crippen molar-refractivity contribution in [2.45, 2.75) is 18.4 Å². The van der Waals surface area contributed by atoms with Gasteiger partial charge in [0.15, 0.2) is 0 Å². The third kappa shape index (κ3) is 1.81. The Labute approximate surface area is 100 Å². The maximum Gasteiger partial charge on any atom is 0.0927 e. The fourth-order valence-corrected chi connectivity index (χ4v) is 2.61. The summed E-state index contributed by atoms with van der Waals surface area (Å²) in [6.45, 7) is 1.74. The number of pyridine rings is 1. The van der Waals surface area contributed by atoms with E-state index in [2.05, 4.69) is 10.3 Å². The zero-order chi connectivity index (χ0) is 11.7. The van der Waals surface area contributed by atoms with E-state index in [0.29, 0.717) is 0 Å². The van der Waals surface area contributed by atoms with Gasteiger partial charge in [-0.1, -0.05) is 18.2 Å². The van der Waals surface area contributed by atoms with Crippen LogP contribution >= 0.6 is 0 Å². The summed E-state index contributed by atoms with van der Waals surface area (Å²) in [5, 5.41) is 15.1. The molecule has 1 fully saturated rings. The third-order valence-electron chi connectivity index (χ3n) is 3.58. The molecule has 1 saturated heterocycles. The standard InChI is InChI=1S/C14H16N2O/c17-14(6-9-15-10-7-14)12-5-8-16-13-4-2-1-3-11(12)13/h1-5,8,15,17H,6-7,9-10H2. The second-order valence-electron chi connectivity index (χ2n) is 4.66. The van der Waals surface area contributed by atoms with Crippen LogP contribution in [0, 0.1) is 0 Å². The van der Waals surface area contributed by atoms with E-state index in [4.69, 9.17) is 0 Å². The zero-order valence-corrected chi connectivity index (χ0v) is 9.69. The molecular weight excluding hydrogens is 212 g/mol. The second kappa shape index (κ2) is 4.09. The van der Waals surface area contributed by atoms with Crippen LogP contribution in [-0.2, 0) is 5.60 Å². The van der Waals surface area contributed by atoms with Crippen LogP contribution in [0.5, 0.6) is 0 Å². The van der Waals surface area contributed by atoms with E-state index >= 15 is 0 Å². The number of hydrogen-bond donors (Lipinski definition) is 2. The minimum absolute atomic E-state index is 0.701. The van der Waals surface area contributed by atoms with Gasteiger partial charge in [0, 0.05) is 11.6 Å². The average Bonchev–Trinajstić information content (AvgIpc) is 2.39. The number of aliphatic hydroxyl groups is 1. The monoisotopic (exact) mass is 228 g/mol. The third-order valence-corrected chi connectivity index (χ3v) is 3.58. The summed E-state index contributed by atoms with van der Waals surface area (Å²) in [6, 6.07) is 9.96. The number of benzene rings is 1. The van der Waals surface area contributed by atoms with Crippen LogP contribution in [0.4, 0.5) is 0 Å². The van der Waals surface area contributed by atoms with Crippen molar-refractivity contribution in [1.82, 2.24) is 10.3 Å². The van der Waals surface area contributed by atoms with Gasteiger partial charge in [0.2, 0.25) is 0 Å². The van der Waals surface area contributed by atoms with Gasteiger partial charge in [0.25, 0.3) is 0 Å². The highest BCUT2D eigenvalue weighted by atomic mass is 16.3. The van der Waals surface area contributed by atoms with Gasteiger partial charge >= 0.3 is 0 Å². The Hall–Kier alpha value is -1.45. The molecule has 3 nitrogen and oxygen atoms in total. The molecule has 2 N–H and O–H groups in total. The topological polar surface area (TPSA) is 45.2 Å². The van der Waals surface area contributed by atoms with E-state index in [1.54, 1.807) is 6.20 Å². The molecule has 3 rings (SSSR count). The quantitative estimate of drug-likeness (QED) is 0.782.